The van der Waals surface area contributed by atoms with Crippen LogP contribution in [-0.4, -0.2) is 38.9 Å². The predicted molar refractivity (Wildman–Crippen MR) is 98.1 cm³/mol. The van der Waals surface area contributed by atoms with Crippen molar-refractivity contribution < 1.29 is 13.5 Å². The lowest BCUT2D eigenvalue weighted by Gasteiger charge is -2.36. The molecule has 0 bridgehead atoms. The maximum atomic E-state index is 13.5. The number of nitrogens with zero attached hydrogens (tertiary/aromatic N) is 3. The zero-order valence-corrected chi connectivity index (χ0v) is 15.2. The van der Waals surface area contributed by atoms with Gasteiger partial charge in [-0.05, 0) is 30.5 Å². The number of fused-ring (bicyclic) bond motifs is 1. The summed E-state index contributed by atoms with van der Waals surface area (Å²) in [5.41, 5.74) is 4.79. The van der Waals surface area contributed by atoms with Crippen LogP contribution in [0.2, 0.25) is 0 Å². The van der Waals surface area contributed by atoms with Gasteiger partial charge in [-0.1, -0.05) is 6.92 Å². The Hall–Kier alpha value is -2.28. The van der Waals surface area contributed by atoms with Crippen molar-refractivity contribution >= 4 is 11.0 Å². The van der Waals surface area contributed by atoms with Crippen LogP contribution in [0.3, 0.4) is 0 Å². The van der Waals surface area contributed by atoms with Gasteiger partial charge in [0, 0.05) is 54.4 Å². The molecule has 0 aromatic carbocycles. The Bertz CT molecular complexity index is 979. The molecule has 1 saturated carbocycles. The van der Waals surface area contributed by atoms with E-state index in [1.165, 1.54) is 5.56 Å². The molecule has 1 saturated heterocycles. The van der Waals surface area contributed by atoms with Gasteiger partial charge in [0.15, 0.2) is 0 Å². The molecular formula is C20H22F2N4O. The normalized spacial score (nSPS) is 22.4. The Labute approximate surface area is 155 Å². The number of rotatable bonds is 4. The second kappa shape index (κ2) is 6.12. The highest BCUT2D eigenvalue weighted by Gasteiger charge is 2.47. The van der Waals surface area contributed by atoms with Crippen LogP contribution >= 0.6 is 0 Å². The minimum atomic E-state index is -2.57. The molecule has 1 aliphatic heterocycles. The first-order chi connectivity index (χ1) is 13.0. The van der Waals surface area contributed by atoms with E-state index in [0.717, 1.165) is 40.8 Å². The topological polar surface area (TPSA) is 55.7 Å². The zero-order chi connectivity index (χ0) is 18.6. The summed E-state index contributed by atoms with van der Waals surface area (Å²) in [7, 11) is 0. The summed E-state index contributed by atoms with van der Waals surface area (Å²) in [6, 6.07) is 3.89. The van der Waals surface area contributed by atoms with Crippen LogP contribution in [0.1, 0.15) is 49.4 Å². The SMILES string of the molecule is CCc1c[nH]c2ncc(-c3cc(C4CCOC4)n(C4CC(F)(F)C4)n3)cc12. The van der Waals surface area contributed by atoms with Gasteiger partial charge in [-0.25, -0.2) is 13.8 Å². The van der Waals surface area contributed by atoms with Crippen LogP contribution in [-0.2, 0) is 11.2 Å². The van der Waals surface area contributed by atoms with Gasteiger partial charge >= 0.3 is 0 Å². The van der Waals surface area contributed by atoms with E-state index in [1.54, 1.807) is 6.20 Å². The summed E-state index contributed by atoms with van der Waals surface area (Å²) in [4.78, 5) is 7.70. The summed E-state index contributed by atoms with van der Waals surface area (Å²) < 4.78 is 34.3. The first kappa shape index (κ1) is 16.9. The van der Waals surface area contributed by atoms with E-state index in [0.29, 0.717) is 13.2 Å². The van der Waals surface area contributed by atoms with Gasteiger partial charge in [0.25, 0.3) is 5.92 Å². The molecule has 7 heteroatoms. The average molecular weight is 372 g/mol. The van der Waals surface area contributed by atoms with Crippen molar-refractivity contribution in [2.24, 2.45) is 0 Å². The number of ether oxygens (including phenoxy) is 1. The molecule has 1 unspecified atom stereocenters. The quantitative estimate of drug-likeness (QED) is 0.735. The summed E-state index contributed by atoms with van der Waals surface area (Å²) in [5, 5.41) is 5.83. The number of aromatic nitrogens is 4. The minimum absolute atomic E-state index is 0.135. The van der Waals surface area contributed by atoms with Crippen LogP contribution in [0.4, 0.5) is 8.78 Å². The summed E-state index contributed by atoms with van der Waals surface area (Å²) >= 11 is 0. The molecule has 5 rings (SSSR count). The summed E-state index contributed by atoms with van der Waals surface area (Å²) in [6.45, 7) is 3.45. The molecule has 0 spiro atoms. The second-order valence-corrected chi connectivity index (χ2v) is 7.67. The van der Waals surface area contributed by atoms with E-state index >= 15 is 0 Å². The molecule has 27 heavy (non-hydrogen) atoms. The number of aryl methyl sites for hydroxylation is 1. The number of hydrogen-bond acceptors (Lipinski definition) is 3. The zero-order valence-electron chi connectivity index (χ0n) is 15.2. The van der Waals surface area contributed by atoms with E-state index in [9.17, 15) is 8.78 Å². The van der Waals surface area contributed by atoms with Crippen molar-refractivity contribution in [2.45, 2.75) is 50.5 Å². The third kappa shape index (κ3) is 2.84. The van der Waals surface area contributed by atoms with Crippen molar-refractivity contribution in [1.82, 2.24) is 19.7 Å². The van der Waals surface area contributed by atoms with Gasteiger partial charge < -0.3 is 9.72 Å². The second-order valence-electron chi connectivity index (χ2n) is 7.67. The number of nitrogens with one attached hydrogen (secondary N) is 1. The molecule has 3 aromatic heterocycles. The summed E-state index contributed by atoms with van der Waals surface area (Å²) in [5.74, 6) is -2.35. The number of halogens is 2. The van der Waals surface area contributed by atoms with E-state index in [4.69, 9.17) is 9.84 Å². The monoisotopic (exact) mass is 372 g/mol. The van der Waals surface area contributed by atoms with Crippen LogP contribution in [0.25, 0.3) is 22.3 Å². The fourth-order valence-corrected chi connectivity index (χ4v) is 4.21. The van der Waals surface area contributed by atoms with Gasteiger partial charge in [-0.3, -0.25) is 4.68 Å². The van der Waals surface area contributed by atoms with Crippen molar-refractivity contribution in [3.05, 3.63) is 35.8 Å². The molecule has 2 aliphatic rings. The van der Waals surface area contributed by atoms with Crippen LogP contribution < -0.4 is 0 Å². The molecule has 0 amide bonds. The lowest BCUT2D eigenvalue weighted by Crippen LogP contribution is -2.38. The van der Waals surface area contributed by atoms with Crippen molar-refractivity contribution in [3.8, 4) is 11.3 Å². The largest absolute Gasteiger partial charge is 0.381 e. The highest BCUT2D eigenvalue weighted by molar-refractivity contribution is 5.84. The maximum absolute atomic E-state index is 13.5. The van der Waals surface area contributed by atoms with E-state index < -0.39 is 5.92 Å². The van der Waals surface area contributed by atoms with Crippen LogP contribution in [0.15, 0.2) is 24.5 Å². The van der Waals surface area contributed by atoms with Gasteiger partial charge in [-0.15, -0.1) is 0 Å². The van der Waals surface area contributed by atoms with Crippen molar-refractivity contribution in [3.63, 3.8) is 0 Å². The average Bonchev–Trinajstić information content (AvgIpc) is 3.36. The fraction of sp³-hybridized carbons (Fsp3) is 0.500. The lowest BCUT2D eigenvalue weighted by molar-refractivity contribution is -0.107. The molecule has 4 heterocycles. The smallest absolute Gasteiger partial charge is 0.252 e. The third-order valence-electron chi connectivity index (χ3n) is 5.82. The van der Waals surface area contributed by atoms with Crippen molar-refractivity contribution in [1.29, 1.82) is 0 Å². The highest BCUT2D eigenvalue weighted by atomic mass is 19.3. The molecule has 3 aromatic rings. The fourth-order valence-electron chi connectivity index (χ4n) is 4.21. The Morgan fingerprint density at radius 3 is 2.89 bits per heavy atom. The molecule has 0 radical (unpaired) electrons. The molecule has 2 fully saturated rings. The summed E-state index contributed by atoms with van der Waals surface area (Å²) in [6.07, 6.45) is 5.34. The Kier molecular flexibility index (Phi) is 3.82. The molecular weight excluding hydrogens is 350 g/mol. The van der Waals surface area contributed by atoms with Crippen LogP contribution in [0.5, 0.6) is 0 Å². The van der Waals surface area contributed by atoms with Crippen LogP contribution in [0, 0.1) is 0 Å². The minimum Gasteiger partial charge on any atom is -0.381 e. The van der Waals surface area contributed by atoms with E-state index in [1.807, 2.05) is 16.9 Å². The predicted octanol–water partition coefficient (Wildman–Crippen LogP) is 4.46. The molecule has 5 nitrogen and oxygen atoms in total. The van der Waals surface area contributed by atoms with Gasteiger partial charge in [0.05, 0.1) is 18.3 Å². The van der Waals surface area contributed by atoms with Gasteiger partial charge in [0.1, 0.15) is 5.65 Å². The van der Waals surface area contributed by atoms with Crippen molar-refractivity contribution in [2.75, 3.05) is 13.2 Å². The Morgan fingerprint density at radius 2 is 2.19 bits per heavy atom. The molecule has 1 atom stereocenters. The van der Waals surface area contributed by atoms with Gasteiger partial charge in [0.2, 0.25) is 0 Å². The maximum Gasteiger partial charge on any atom is 0.252 e. The molecule has 1 aliphatic carbocycles. The number of H-pyrrole nitrogens is 1. The first-order valence-electron chi connectivity index (χ1n) is 9.55. The number of pyridine rings is 1. The molecule has 142 valence electrons. The molecule has 1 N–H and O–H groups in total. The number of aromatic amines is 1. The van der Waals surface area contributed by atoms with Gasteiger partial charge in [-0.2, -0.15) is 5.10 Å². The lowest BCUT2D eigenvalue weighted by atomic mass is 9.87. The number of alkyl halides is 2. The standard InChI is InChI=1S/C20H22F2N4O/c1-2-12-9-23-19-16(12)5-14(10-24-19)17-6-18(13-3-4-27-11-13)26(25-17)15-7-20(21,22)8-15/h5-6,9-10,13,15H,2-4,7-8,11H2,1H3,(H,23,24). The highest BCUT2D eigenvalue weighted by Crippen LogP contribution is 2.47. The van der Waals surface area contributed by atoms with E-state index in [2.05, 4.69) is 23.0 Å². The Balaban J connectivity index is 1.56. The third-order valence-corrected chi connectivity index (χ3v) is 5.82. The first-order valence-corrected chi connectivity index (χ1v) is 9.55. The Morgan fingerprint density at radius 1 is 1.33 bits per heavy atom. The van der Waals surface area contributed by atoms with E-state index in [-0.39, 0.29) is 24.8 Å². The number of hydrogen-bond donors (Lipinski definition) is 1.